The number of halogens is 2. The largest absolute Gasteiger partial charge is 0.120 e. The van der Waals surface area contributed by atoms with Gasteiger partial charge in [0.1, 0.15) is 0 Å². The van der Waals surface area contributed by atoms with Crippen LogP contribution < -0.4 is 0 Å². The molecule has 1 aromatic carbocycles. The predicted octanol–water partition coefficient (Wildman–Crippen LogP) is 4.51. The lowest BCUT2D eigenvalue weighted by Gasteiger charge is -2.12. The first-order chi connectivity index (χ1) is 6.67. The van der Waals surface area contributed by atoms with Gasteiger partial charge in [-0.2, -0.15) is 0 Å². The van der Waals surface area contributed by atoms with Gasteiger partial charge in [-0.3, -0.25) is 0 Å². The number of hydrogen-bond acceptors (Lipinski definition) is 0. The smallest absolute Gasteiger partial charge is 0.0423 e. The fourth-order valence-corrected chi connectivity index (χ4v) is 1.99. The minimum Gasteiger partial charge on any atom is -0.120 e. The molecule has 0 amide bonds. The second-order valence-electron chi connectivity index (χ2n) is 3.22. The van der Waals surface area contributed by atoms with Gasteiger partial charge in [-0.25, -0.2) is 0 Å². The first kappa shape index (κ1) is 11.4. The summed E-state index contributed by atoms with van der Waals surface area (Å²) in [5, 5.41) is 1.34. The molecule has 0 aliphatic rings. The fourth-order valence-electron chi connectivity index (χ4n) is 1.45. The molecule has 0 saturated heterocycles. The standard InChI is InChI=1S/C12H12Cl2/c1-3-5-9(4-2)10-6-11(13)8-12(14)7-10/h1,6-9H,4-5H2,2H3. The van der Waals surface area contributed by atoms with Crippen molar-refractivity contribution in [3.63, 3.8) is 0 Å². The molecule has 0 heterocycles. The normalized spacial score (nSPS) is 12.1. The number of rotatable bonds is 3. The molecule has 0 aliphatic heterocycles. The number of hydrogen-bond donors (Lipinski definition) is 0. The molecule has 1 rings (SSSR count). The Morgan fingerprint density at radius 3 is 2.29 bits per heavy atom. The molecular weight excluding hydrogens is 215 g/mol. The highest BCUT2D eigenvalue weighted by atomic mass is 35.5. The summed E-state index contributed by atoms with van der Waals surface area (Å²) in [5.41, 5.74) is 1.13. The van der Waals surface area contributed by atoms with Crippen molar-refractivity contribution in [1.29, 1.82) is 0 Å². The Morgan fingerprint density at radius 2 is 1.86 bits per heavy atom. The molecule has 0 aromatic heterocycles. The lowest BCUT2D eigenvalue weighted by molar-refractivity contribution is 0.685. The molecule has 0 aliphatic carbocycles. The summed E-state index contributed by atoms with van der Waals surface area (Å²) in [4.78, 5) is 0. The Kier molecular flexibility index (Phi) is 4.32. The van der Waals surface area contributed by atoms with Crippen LogP contribution in [0, 0.1) is 12.3 Å². The quantitative estimate of drug-likeness (QED) is 0.666. The third-order valence-electron chi connectivity index (χ3n) is 2.21. The van der Waals surface area contributed by atoms with Crippen molar-refractivity contribution in [2.24, 2.45) is 0 Å². The van der Waals surface area contributed by atoms with Crippen LogP contribution in [0.5, 0.6) is 0 Å². The van der Waals surface area contributed by atoms with E-state index < -0.39 is 0 Å². The molecule has 0 saturated carbocycles. The third kappa shape index (κ3) is 2.94. The maximum absolute atomic E-state index is 5.92. The number of terminal acetylenes is 1. The van der Waals surface area contributed by atoms with Gasteiger partial charge in [0.2, 0.25) is 0 Å². The van der Waals surface area contributed by atoms with Crippen molar-refractivity contribution in [2.75, 3.05) is 0 Å². The number of benzene rings is 1. The highest BCUT2D eigenvalue weighted by Crippen LogP contribution is 2.28. The summed E-state index contributed by atoms with van der Waals surface area (Å²) in [5.74, 6) is 3.03. The first-order valence-corrected chi connectivity index (χ1v) is 5.32. The van der Waals surface area contributed by atoms with Crippen LogP contribution in [-0.4, -0.2) is 0 Å². The molecule has 1 aromatic rings. The highest BCUT2D eigenvalue weighted by Gasteiger charge is 2.09. The van der Waals surface area contributed by atoms with Gasteiger partial charge in [-0.1, -0.05) is 30.1 Å². The van der Waals surface area contributed by atoms with Crippen LogP contribution >= 0.6 is 23.2 Å². The minimum atomic E-state index is 0.358. The van der Waals surface area contributed by atoms with Crippen LogP contribution in [0.15, 0.2) is 18.2 Å². The van der Waals surface area contributed by atoms with E-state index in [1.54, 1.807) is 6.07 Å². The second kappa shape index (κ2) is 5.29. The highest BCUT2D eigenvalue weighted by molar-refractivity contribution is 6.34. The van der Waals surface area contributed by atoms with Gasteiger partial charge < -0.3 is 0 Å². The molecule has 2 heteroatoms. The molecule has 1 atom stereocenters. The lowest BCUT2D eigenvalue weighted by atomic mass is 9.94. The topological polar surface area (TPSA) is 0 Å². The summed E-state index contributed by atoms with van der Waals surface area (Å²) in [6, 6.07) is 5.59. The lowest BCUT2D eigenvalue weighted by Crippen LogP contribution is -1.95. The predicted molar refractivity (Wildman–Crippen MR) is 62.9 cm³/mol. The molecule has 0 radical (unpaired) electrons. The third-order valence-corrected chi connectivity index (χ3v) is 2.65. The van der Waals surface area contributed by atoms with Gasteiger partial charge in [0, 0.05) is 16.5 Å². The Hall–Kier alpha value is -0.640. The summed E-state index contributed by atoms with van der Waals surface area (Å²) in [7, 11) is 0. The van der Waals surface area contributed by atoms with E-state index in [9.17, 15) is 0 Å². The van der Waals surface area contributed by atoms with Crippen LogP contribution in [0.4, 0.5) is 0 Å². The van der Waals surface area contributed by atoms with Crippen molar-refractivity contribution in [3.8, 4) is 12.3 Å². The van der Waals surface area contributed by atoms with Gasteiger partial charge in [0.25, 0.3) is 0 Å². The van der Waals surface area contributed by atoms with Gasteiger partial charge in [-0.15, -0.1) is 12.3 Å². The van der Waals surface area contributed by atoms with Crippen molar-refractivity contribution in [2.45, 2.75) is 25.7 Å². The Bertz CT molecular complexity index is 330. The zero-order valence-corrected chi connectivity index (χ0v) is 9.57. The van der Waals surface area contributed by atoms with Gasteiger partial charge in [0.15, 0.2) is 0 Å². The van der Waals surface area contributed by atoms with E-state index >= 15 is 0 Å². The van der Waals surface area contributed by atoms with Gasteiger partial charge in [0.05, 0.1) is 0 Å². The maximum Gasteiger partial charge on any atom is 0.0423 e. The van der Waals surface area contributed by atoms with E-state index in [1.165, 1.54) is 0 Å². The molecule has 14 heavy (non-hydrogen) atoms. The van der Waals surface area contributed by atoms with Crippen LogP contribution in [0.1, 0.15) is 31.2 Å². The van der Waals surface area contributed by atoms with Gasteiger partial charge >= 0.3 is 0 Å². The fraction of sp³-hybridized carbons (Fsp3) is 0.333. The summed E-state index contributed by atoms with van der Waals surface area (Å²) in [6.45, 7) is 2.11. The van der Waals surface area contributed by atoms with Crippen molar-refractivity contribution < 1.29 is 0 Å². The van der Waals surface area contributed by atoms with Crippen LogP contribution in [0.25, 0.3) is 0 Å². The first-order valence-electron chi connectivity index (χ1n) is 4.56. The monoisotopic (exact) mass is 226 g/mol. The summed E-state index contributed by atoms with van der Waals surface area (Å²) < 4.78 is 0. The van der Waals surface area contributed by atoms with Crippen molar-refractivity contribution >= 4 is 23.2 Å². The average molecular weight is 227 g/mol. The molecular formula is C12H12Cl2. The molecule has 0 bridgehead atoms. The second-order valence-corrected chi connectivity index (χ2v) is 4.09. The maximum atomic E-state index is 5.92. The molecule has 0 fully saturated rings. The molecule has 0 nitrogen and oxygen atoms in total. The molecule has 74 valence electrons. The molecule has 0 N–H and O–H groups in total. The zero-order chi connectivity index (χ0) is 10.6. The van der Waals surface area contributed by atoms with E-state index in [-0.39, 0.29) is 0 Å². The van der Waals surface area contributed by atoms with E-state index in [0.717, 1.165) is 18.4 Å². The molecule has 1 unspecified atom stereocenters. The van der Waals surface area contributed by atoms with E-state index in [4.69, 9.17) is 29.6 Å². The van der Waals surface area contributed by atoms with Gasteiger partial charge in [-0.05, 0) is 36.1 Å². The summed E-state index contributed by atoms with van der Waals surface area (Å²) >= 11 is 11.8. The minimum absolute atomic E-state index is 0.358. The van der Waals surface area contributed by atoms with Crippen LogP contribution in [0.3, 0.4) is 0 Å². The SMILES string of the molecule is C#CCC(CC)c1cc(Cl)cc(Cl)c1. The van der Waals surface area contributed by atoms with E-state index in [0.29, 0.717) is 16.0 Å². The van der Waals surface area contributed by atoms with Crippen LogP contribution in [-0.2, 0) is 0 Å². The van der Waals surface area contributed by atoms with E-state index in [2.05, 4.69) is 12.8 Å². The Balaban J connectivity index is 2.98. The zero-order valence-electron chi connectivity index (χ0n) is 8.06. The Labute approximate surface area is 95.2 Å². The average Bonchev–Trinajstić information content (AvgIpc) is 2.12. The van der Waals surface area contributed by atoms with E-state index in [1.807, 2.05) is 12.1 Å². The Morgan fingerprint density at radius 1 is 1.29 bits per heavy atom. The van der Waals surface area contributed by atoms with Crippen molar-refractivity contribution in [3.05, 3.63) is 33.8 Å². The van der Waals surface area contributed by atoms with Crippen LogP contribution in [0.2, 0.25) is 10.0 Å². The molecule has 0 spiro atoms. The van der Waals surface area contributed by atoms with Crippen molar-refractivity contribution in [1.82, 2.24) is 0 Å². The summed E-state index contributed by atoms with van der Waals surface area (Å²) in [6.07, 6.45) is 7.03.